The van der Waals surface area contributed by atoms with Crippen LogP contribution in [-0.2, 0) is 21.2 Å². The van der Waals surface area contributed by atoms with Crippen molar-refractivity contribution < 1.29 is 17.9 Å². The molecule has 0 aliphatic heterocycles. The van der Waals surface area contributed by atoms with Crippen molar-refractivity contribution in [2.45, 2.75) is 52.0 Å². The molecule has 0 aliphatic rings. The van der Waals surface area contributed by atoms with Crippen LogP contribution in [0.5, 0.6) is 5.75 Å². The highest BCUT2D eigenvalue weighted by atomic mass is 32.2. The molecule has 1 N–H and O–H groups in total. The number of hydrogen-bond donors (Lipinski definition) is 1. The number of aryl methyl sites for hydroxylation is 4. The smallest absolute Gasteiger partial charge is 0.243 e. The number of ether oxygens (including phenoxy) is 1. The minimum atomic E-state index is -3.92. The van der Waals surface area contributed by atoms with Gasteiger partial charge in [-0.2, -0.15) is 4.31 Å². The summed E-state index contributed by atoms with van der Waals surface area (Å²) < 4.78 is 33.8. The van der Waals surface area contributed by atoms with E-state index in [1.807, 2.05) is 51.1 Å². The van der Waals surface area contributed by atoms with Crippen LogP contribution in [0.4, 0.5) is 0 Å². The lowest BCUT2D eigenvalue weighted by Gasteiger charge is -2.24. The quantitative estimate of drug-likeness (QED) is 0.416. The number of nitrogens with one attached hydrogen (secondary N) is 1. The van der Waals surface area contributed by atoms with E-state index < -0.39 is 10.0 Å². The lowest BCUT2D eigenvalue weighted by molar-refractivity contribution is -0.121. The normalized spacial score (nSPS) is 12.4. The van der Waals surface area contributed by atoms with Crippen LogP contribution in [0, 0.1) is 27.7 Å². The summed E-state index contributed by atoms with van der Waals surface area (Å²) in [5, 5.41) is 3.00. The zero-order chi connectivity index (χ0) is 26.5. The third-order valence-corrected chi connectivity index (χ3v) is 8.38. The van der Waals surface area contributed by atoms with Crippen LogP contribution >= 0.6 is 0 Å². The SMILES string of the molecule is COc1ccc(S(=O)(=O)N(CCc2ccccc2)CC(=O)N[C@H](C)c2cc(C)c(C)cc2C)cc1C. The Labute approximate surface area is 215 Å². The van der Waals surface area contributed by atoms with Crippen molar-refractivity contribution in [3.8, 4) is 5.75 Å². The molecule has 0 saturated heterocycles. The maximum atomic E-state index is 13.6. The molecule has 1 amide bonds. The second-order valence-corrected chi connectivity index (χ2v) is 11.2. The van der Waals surface area contributed by atoms with Crippen molar-refractivity contribution in [3.05, 3.63) is 94.0 Å². The van der Waals surface area contributed by atoms with Crippen molar-refractivity contribution >= 4 is 15.9 Å². The first kappa shape index (κ1) is 27.4. The largest absolute Gasteiger partial charge is 0.496 e. The standard InChI is InChI=1S/C29H36N2O4S/c1-20-16-22(3)27(18-21(20)2)24(5)30-29(32)19-31(15-14-25-10-8-7-9-11-25)36(33,34)26-12-13-28(35-6)23(4)17-26/h7-13,16-18,24H,14-15,19H2,1-6H3,(H,30,32)/t24-/m1/s1. The summed E-state index contributed by atoms with van der Waals surface area (Å²) in [6, 6.07) is 18.3. The first-order valence-corrected chi connectivity index (χ1v) is 13.5. The first-order chi connectivity index (χ1) is 17.0. The second-order valence-electron chi connectivity index (χ2n) is 9.29. The Bertz CT molecular complexity index is 1320. The number of amides is 1. The molecule has 7 heteroatoms. The molecule has 0 fully saturated rings. The highest BCUT2D eigenvalue weighted by Gasteiger charge is 2.28. The third kappa shape index (κ3) is 6.53. The molecule has 3 rings (SSSR count). The van der Waals surface area contributed by atoms with Crippen molar-refractivity contribution in [1.29, 1.82) is 0 Å². The van der Waals surface area contributed by atoms with E-state index in [0.29, 0.717) is 17.7 Å². The van der Waals surface area contributed by atoms with Gasteiger partial charge in [-0.25, -0.2) is 8.42 Å². The Morgan fingerprint density at radius 3 is 2.22 bits per heavy atom. The minimum Gasteiger partial charge on any atom is -0.496 e. The number of hydrogen-bond acceptors (Lipinski definition) is 4. The summed E-state index contributed by atoms with van der Waals surface area (Å²) in [4.78, 5) is 13.3. The predicted octanol–water partition coefficient (Wildman–Crippen LogP) is 5.04. The first-order valence-electron chi connectivity index (χ1n) is 12.1. The second kappa shape index (κ2) is 11.7. The molecule has 0 unspecified atom stereocenters. The number of rotatable bonds is 10. The molecule has 3 aromatic rings. The molecule has 0 saturated carbocycles. The number of carbonyl (C=O) groups excluding carboxylic acids is 1. The summed E-state index contributed by atoms with van der Waals surface area (Å²) in [6.45, 7) is 9.76. The van der Waals surface area contributed by atoms with Gasteiger partial charge in [0.15, 0.2) is 0 Å². The fourth-order valence-electron chi connectivity index (χ4n) is 4.32. The fraction of sp³-hybridized carbons (Fsp3) is 0.345. The molecule has 36 heavy (non-hydrogen) atoms. The molecule has 0 bridgehead atoms. The summed E-state index contributed by atoms with van der Waals surface area (Å²) in [5.74, 6) is 0.266. The van der Waals surface area contributed by atoms with Gasteiger partial charge in [-0.15, -0.1) is 0 Å². The molecule has 3 aromatic carbocycles. The number of sulfonamides is 1. The van der Waals surface area contributed by atoms with Crippen molar-refractivity contribution in [1.82, 2.24) is 9.62 Å². The highest BCUT2D eigenvalue weighted by molar-refractivity contribution is 7.89. The van der Waals surface area contributed by atoms with Crippen molar-refractivity contribution in [2.24, 2.45) is 0 Å². The van der Waals surface area contributed by atoms with E-state index in [2.05, 4.69) is 24.4 Å². The average molecular weight is 509 g/mol. The van der Waals surface area contributed by atoms with Crippen LogP contribution in [0.3, 0.4) is 0 Å². The van der Waals surface area contributed by atoms with E-state index in [0.717, 1.165) is 22.3 Å². The summed E-state index contributed by atoms with van der Waals surface area (Å²) in [7, 11) is -2.37. The van der Waals surface area contributed by atoms with Crippen molar-refractivity contribution in [3.63, 3.8) is 0 Å². The van der Waals surface area contributed by atoms with Gasteiger partial charge < -0.3 is 10.1 Å². The Balaban J connectivity index is 1.84. The Morgan fingerprint density at radius 1 is 0.917 bits per heavy atom. The zero-order valence-corrected chi connectivity index (χ0v) is 22.8. The van der Waals surface area contributed by atoms with Crippen LogP contribution in [-0.4, -0.2) is 38.8 Å². The molecule has 0 aliphatic carbocycles. The average Bonchev–Trinajstić information content (AvgIpc) is 2.84. The molecular weight excluding hydrogens is 472 g/mol. The summed E-state index contributed by atoms with van der Waals surface area (Å²) >= 11 is 0. The van der Waals surface area contributed by atoms with E-state index in [1.165, 1.54) is 15.9 Å². The molecule has 192 valence electrons. The van der Waals surface area contributed by atoms with Gasteiger partial charge in [0.25, 0.3) is 0 Å². The topological polar surface area (TPSA) is 75.7 Å². The van der Waals surface area contributed by atoms with E-state index in [-0.39, 0.29) is 29.9 Å². The van der Waals surface area contributed by atoms with Gasteiger partial charge in [0.2, 0.25) is 15.9 Å². The highest BCUT2D eigenvalue weighted by Crippen LogP contribution is 2.25. The lowest BCUT2D eigenvalue weighted by atomic mass is 9.96. The zero-order valence-electron chi connectivity index (χ0n) is 22.0. The molecule has 1 atom stereocenters. The van der Waals surface area contributed by atoms with Gasteiger partial charge in [-0.05, 0) is 92.6 Å². The Morgan fingerprint density at radius 2 is 1.58 bits per heavy atom. The number of benzene rings is 3. The maximum absolute atomic E-state index is 13.6. The van der Waals surface area contributed by atoms with E-state index in [9.17, 15) is 13.2 Å². The maximum Gasteiger partial charge on any atom is 0.243 e. The fourth-order valence-corrected chi connectivity index (χ4v) is 5.80. The van der Waals surface area contributed by atoms with E-state index >= 15 is 0 Å². The molecule has 0 radical (unpaired) electrons. The molecule has 0 heterocycles. The number of methoxy groups -OCH3 is 1. The van der Waals surface area contributed by atoms with Gasteiger partial charge in [0, 0.05) is 6.54 Å². The predicted molar refractivity (Wildman–Crippen MR) is 144 cm³/mol. The number of carbonyl (C=O) groups is 1. The third-order valence-electron chi connectivity index (χ3n) is 6.54. The van der Waals surface area contributed by atoms with Gasteiger partial charge in [0.1, 0.15) is 5.75 Å². The van der Waals surface area contributed by atoms with Crippen molar-refractivity contribution in [2.75, 3.05) is 20.2 Å². The van der Waals surface area contributed by atoms with Crippen LogP contribution in [0.25, 0.3) is 0 Å². The molecule has 0 spiro atoms. The minimum absolute atomic E-state index is 0.139. The molecule has 6 nitrogen and oxygen atoms in total. The van der Waals surface area contributed by atoms with E-state index in [1.54, 1.807) is 26.2 Å². The Kier molecular flexibility index (Phi) is 8.93. The van der Waals surface area contributed by atoms with Crippen LogP contribution in [0.2, 0.25) is 0 Å². The molecular formula is C29H36N2O4S. The van der Waals surface area contributed by atoms with Gasteiger partial charge >= 0.3 is 0 Å². The van der Waals surface area contributed by atoms with Crippen LogP contribution in [0.15, 0.2) is 65.6 Å². The molecule has 0 aromatic heterocycles. The van der Waals surface area contributed by atoms with Crippen LogP contribution < -0.4 is 10.1 Å². The van der Waals surface area contributed by atoms with Crippen LogP contribution in [0.1, 0.15) is 46.3 Å². The van der Waals surface area contributed by atoms with E-state index in [4.69, 9.17) is 4.74 Å². The Hall–Kier alpha value is -3.16. The summed E-state index contributed by atoms with van der Waals surface area (Å²) in [6.07, 6.45) is 0.494. The number of nitrogens with zero attached hydrogens (tertiary/aromatic N) is 1. The monoisotopic (exact) mass is 508 g/mol. The summed E-state index contributed by atoms with van der Waals surface area (Å²) in [5.41, 5.74) is 6.18. The lowest BCUT2D eigenvalue weighted by Crippen LogP contribution is -2.42. The van der Waals surface area contributed by atoms with Gasteiger partial charge in [-0.1, -0.05) is 42.5 Å². The van der Waals surface area contributed by atoms with Gasteiger partial charge in [0.05, 0.1) is 24.6 Å². The van der Waals surface area contributed by atoms with Gasteiger partial charge in [-0.3, -0.25) is 4.79 Å².